The number of nitrogens with two attached hydrogens (primary N) is 1. The highest BCUT2D eigenvalue weighted by molar-refractivity contribution is 7.92. The highest BCUT2D eigenvalue weighted by atomic mass is 32.2. The van der Waals surface area contributed by atoms with Crippen molar-refractivity contribution in [2.24, 2.45) is 5.73 Å². The molecular weight excluding hydrogens is 216 g/mol. The molecule has 0 radical (unpaired) electrons. The monoisotopic (exact) mass is 230 g/mol. The summed E-state index contributed by atoms with van der Waals surface area (Å²) in [4.78, 5) is 0. The van der Waals surface area contributed by atoms with Gasteiger partial charge in [-0.1, -0.05) is 12.1 Å². The number of sulfonamides is 1. The molecule has 6 heteroatoms. The van der Waals surface area contributed by atoms with E-state index in [1.165, 1.54) is 0 Å². The first kappa shape index (κ1) is 12.0. The summed E-state index contributed by atoms with van der Waals surface area (Å²) in [6, 6.07) is 6.42. The number of rotatable bonds is 4. The Labute approximate surface area is 89.0 Å². The lowest BCUT2D eigenvalue weighted by Gasteiger charge is -2.09. The summed E-state index contributed by atoms with van der Waals surface area (Å²) in [7, 11) is -3.25. The van der Waals surface area contributed by atoms with Gasteiger partial charge >= 0.3 is 0 Å². The van der Waals surface area contributed by atoms with E-state index in [-0.39, 0.29) is 6.54 Å². The van der Waals surface area contributed by atoms with Gasteiger partial charge in [0.05, 0.1) is 12.4 Å². The number of anilines is 1. The van der Waals surface area contributed by atoms with Gasteiger partial charge in [-0.05, 0) is 17.7 Å². The third-order valence-corrected chi connectivity index (χ3v) is 2.43. The van der Waals surface area contributed by atoms with E-state index >= 15 is 0 Å². The lowest BCUT2D eigenvalue weighted by molar-refractivity contribution is 0.187. The van der Waals surface area contributed by atoms with Crippen molar-refractivity contribution in [2.75, 3.05) is 17.5 Å². The van der Waals surface area contributed by atoms with Crippen molar-refractivity contribution in [3.05, 3.63) is 29.8 Å². The van der Waals surface area contributed by atoms with Gasteiger partial charge < -0.3 is 10.8 Å². The number of hydrogen-bond donors (Lipinski definition) is 3. The second-order valence-corrected chi connectivity index (χ2v) is 5.00. The Bertz CT molecular complexity index is 413. The van der Waals surface area contributed by atoms with Crippen molar-refractivity contribution in [3.8, 4) is 0 Å². The van der Waals surface area contributed by atoms with Crippen LogP contribution in [0.1, 0.15) is 11.7 Å². The topological polar surface area (TPSA) is 92.4 Å². The highest BCUT2D eigenvalue weighted by Crippen LogP contribution is 2.15. The molecule has 0 aliphatic heterocycles. The number of aliphatic hydroxyl groups excluding tert-OH is 1. The average Bonchev–Trinajstić information content (AvgIpc) is 2.15. The van der Waals surface area contributed by atoms with Crippen LogP contribution in [-0.4, -0.2) is 26.3 Å². The van der Waals surface area contributed by atoms with Crippen LogP contribution in [0.3, 0.4) is 0 Å². The number of benzene rings is 1. The molecule has 5 nitrogen and oxygen atoms in total. The van der Waals surface area contributed by atoms with E-state index in [0.29, 0.717) is 11.3 Å². The quantitative estimate of drug-likeness (QED) is 0.681. The second kappa shape index (κ2) is 4.61. The Morgan fingerprint density at radius 3 is 2.33 bits per heavy atom. The fourth-order valence-electron chi connectivity index (χ4n) is 1.12. The van der Waals surface area contributed by atoms with Crippen LogP contribution >= 0.6 is 0 Å². The first-order valence-electron chi connectivity index (χ1n) is 4.38. The lowest BCUT2D eigenvalue weighted by atomic mass is 10.1. The highest BCUT2D eigenvalue weighted by Gasteiger charge is 2.05. The molecule has 0 spiro atoms. The minimum Gasteiger partial charge on any atom is -0.387 e. The lowest BCUT2D eigenvalue weighted by Crippen LogP contribution is -2.12. The maximum atomic E-state index is 10.9. The van der Waals surface area contributed by atoms with Gasteiger partial charge in [-0.2, -0.15) is 0 Å². The first-order valence-corrected chi connectivity index (χ1v) is 6.27. The van der Waals surface area contributed by atoms with Crippen LogP contribution in [0.25, 0.3) is 0 Å². The van der Waals surface area contributed by atoms with E-state index in [1.54, 1.807) is 24.3 Å². The molecule has 0 heterocycles. The molecule has 4 N–H and O–H groups in total. The summed E-state index contributed by atoms with van der Waals surface area (Å²) in [5, 5.41) is 9.39. The van der Waals surface area contributed by atoms with Gasteiger partial charge in [-0.3, -0.25) is 4.72 Å². The number of aliphatic hydroxyl groups is 1. The summed E-state index contributed by atoms with van der Waals surface area (Å²) in [5.74, 6) is 0. The van der Waals surface area contributed by atoms with Gasteiger partial charge in [-0.15, -0.1) is 0 Å². The fourth-order valence-corrected chi connectivity index (χ4v) is 1.69. The normalized spacial score (nSPS) is 13.5. The molecule has 0 aliphatic rings. The molecule has 1 unspecified atom stereocenters. The average molecular weight is 230 g/mol. The first-order chi connectivity index (χ1) is 6.92. The zero-order chi connectivity index (χ0) is 11.5. The van der Waals surface area contributed by atoms with Crippen LogP contribution < -0.4 is 10.5 Å². The third kappa shape index (κ3) is 3.86. The van der Waals surface area contributed by atoms with Crippen LogP contribution in [0.4, 0.5) is 5.69 Å². The Hall–Kier alpha value is -1.11. The van der Waals surface area contributed by atoms with Crippen molar-refractivity contribution in [1.82, 2.24) is 0 Å². The van der Waals surface area contributed by atoms with Crippen molar-refractivity contribution >= 4 is 15.7 Å². The van der Waals surface area contributed by atoms with Crippen molar-refractivity contribution in [2.45, 2.75) is 6.10 Å². The van der Waals surface area contributed by atoms with Crippen LogP contribution in [-0.2, 0) is 10.0 Å². The Kier molecular flexibility index (Phi) is 3.67. The standard InChI is InChI=1S/C9H14N2O3S/c1-15(13,14)11-8-4-2-7(3-5-8)9(12)6-10/h2-5,9,11-12H,6,10H2,1H3. The van der Waals surface area contributed by atoms with Gasteiger partial charge in [-0.25, -0.2) is 8.42 Å². The van der Waals surface area contributed by atoms with Crippen molar-refractivity contribution in [1.29, 1.82) is 0 Å². The predicted octanol–water partition coefficient (Wildman–Crippen LogP) is 0.0502. The smallest absolute Gasteiger partial charge is 0.229 e. The van der Waals surface area contributed by atoms with Gasteiger partial charge in [0.25, 0.3) is 0 Å². The summed E-state index contributed by atoms with van der Waals surface area (Å²) in [6.07, 6.45) is 0.368. The maximum Gasteiger partial charge on any atom is 0.229 e. The minimum absolute atomic E-state index is 0.138. The molecule has 0 saturated carbocycles. The summed E-state index contributed by atoms with van der Waals surface area (Å²) in [5.41, 5.74) is 6.41. The van der Waals surface area contributed by atoms with Crippen LogP contribution in [0.15, 0.2) is 24.3 Å². The predicted molar refractivity (Wildman–Crippen MR) is 58.9 cm³/mol. The van der Waals surface area contributed by atoms with Gasteiger partial charge in [0.15, 0.2) is 0 Å². The molecule has 1 aromatic carbocycles. The molecule has 0 bridgehead atoms. The minimum atomic E-state index is -3.25. The fraction of sp³-hybridized carbons (Fsp3) is 0.333. The van der Waals surface area contributed by atoms with E-state index in [1.807, 2.05) is 0 Å². The molecule has 0 saturated heterocycles. The number of hydrogen-bond acceptors (Lipinski definition) is 4. The van der Waals surface area contributed by atoms with Crippen molar-refractivity contribution in [3.63, 3.8) is 0 Å². The van der Waals surface area contributed by atoms with Gasteiger partial charge in [0, 0.05) is 12.2 Å². The van der Waals surface area contributed by atoms with Gasteiger partial charge in [0.1, 0.15) is 0 Å². The van der Waals surface area contributed by atoms with E-state index < -0.39 is 16.1 Å². The largest absolute Gasteiger partial charge is 0.387 e. The van der Waals surface area contributed by atoms with Crippen LogP contribution in [0.5, 0.6) is 0 Å². The molecular formula is C9H14N2O3S. The van der Waals surface area contributed by atoms with E-state index in [0.717, 1.165) is 6.26 Å². The van der Waals surface area contributed by atoms with E-state index in [2.05, 4.69) is 4.72 Å². The molecule has 1 atom stereocenters. The number of nitrogens with one attached hydrogen (secondary N) is 1. The SMILES string of the molecule is CS(=O)(=O)Nc1ccc(C(O)CN)cc1. The van der Waals surface area contributed by atoms with E-state index in [4.69, 9.17) is 5.73 Å². The molecule has 84 valence electrons. The third-order valence-electron chi connectivity index (χ3n) is 1.82. The Morgan fingerprint density at radius 2 is 1.93 bits per heavy atom. The molecule has 0 aromatic heterocycles. The van der Waals surface area contributed by atoms with E-state index in [9.17, 15) is 13.5 Å². The van der Waals surface area contributed by atoms with Gasteiger partial charge in [0.2, 0.25) is 10.0 Å². The van der Waals surface area contributed by atoms with Crippen molar-refractivity contribution < 1.29 is 13.5 Å². The Morgan fingerprint density at radius 1 is 1.40 bits per heavy atom. The molecule has 0 aliphatic carbocycles. The zero-order valence-corrected chi connectivity index (χ0v) is 9.16. The molecule has 1 aromatic rings. The Balaban J connectivity index is 2.81. The maximum absolute atomic E-state index is 10.9. The summed E-state index contributed by atoms with van der Waals surface area (Å²) < 4.78 is 24.1. The van der Waals surface area contributed by atoms with Crippen LogP contribution in [0, 0.1) is 0 Å². The summed E-state index contributed by atoms with van der Waals surface area (Å²) >= 11 is 0. The van der Waals surface area contributed by atoms with Crippen LogP contribution in [0.2, 0.25) is 0 Å². The second-order valence-electron chi connectivity index (χ2n) is 3.25. The molecule has 1 rings (SSSR count). The zero-order valence-electron chi connectivity index (χ0n) is 8.34. The molecule has 15 heavy (non-hydrogen) atoms. The summed E-state index contributed by atoms with van der Waals surface area (Å²) in [6.45, 7) is 0.138. The molecule has 0 amide bonds. The molecule has 0 fully saturated rings.